The fourth-order valence-corrected chi connectivity index (χ4v) is 1.79. The third kappa shape index (κ3) is 3.23. The maximum absolute atomic E-state index is 12.6. The molecule has 1 N–H and O–H groups in total. The molecule has 2 aromatic rings. The molecule has 2 heterocycles. The van der Waals surface area contributed by atoms with Gasteiger partial charge in [-0.3, -0.25) is 4.79 Å². The summed E-state index contributed by atoms with van der Waals surface area (Å²) in [6.45, 7) is 4.99. The lowest BCUT2D eigenvalue weighted by molar-refractivity contribution is -0.141. The van der Waals surface area contributed by atoms with Crippen LogP contribution in [0.4, 0.5) is 19.0 Å². The number of rotatable bonds is 3. The van der Waals surface area contributed by atoms with Gasteiger partial charge >= 0.3 is 6.18 Å². The molecule has 2 aromatic heterocycles. The monoisotopic (exact) mass is 314 g/mol. The minimum Gasteiger partial charge on any atom is -0.302 e. The summed E-state index contributed by atoms with van der Waals surface area (Å²) >= 11 is 0. The van der Waals surface area contributed by atoms with E-state index in [1.807, 2.05) is 13.8 Å². The number of alkyl halides is 3. The maximum Gasteiger partial charge on any atom is 0.433 e. The van der Waals surface area contributed by atoms with Crippen LogP contribution in [-0.4, -0.2) is 21.2 Å². The van der Waals surface area contributed by atoms with E-state index in [4.69, 9.17) is 0 Å². The number of halogens is 3. The molecule has 0 atom stereocenters. The first-order chi connectivity index (χ1) is 10.2. The SMILES string of the molecule is Cc1nc(C(F)(F)F)ccc1C(=O)Nc1nonc1C(C)C. The van der Waals surface area contributed by atoms with E-state index in [2.05, 4.69) is 25.2 Å². The maximum atomic E-state index is 12.6. The van der Waals surface area contributed by atoms with Gasteiger partial charge in [-0.05, 0) is 24.2 Å². The number of hydrogen-bond donors (Lipinski definition) is 1. The van der Waals surface area contributed by atoms with Gasteiger partial charge < -0.3 is 5.32 Å². The van der Waals surface area contributed by atoms with Gasteiger partial charge in [0.1, 0.15) is 11.4 Å². The number of amides is 1. The fourth-order valence-electron chi connectivity index (χ4n) is 1.79. The number of aryl methyl sites for hydroxylation is 1. The Morgan fingerprint density at radius 3 is 2.50 bits per heavy atom. The second-order valence-electron chi connectivity index (χ2n) is 4.93. The van der Waals surface area contributed by atoms with Crippen LogP contribution in [0.15, 0.2) is 16.8 Å². The van der Waals surface area contributed by atoms with Crippen LogP contribution in [0, 0.1) is 6.92 Å². The molecule has 6 nitrogen and oxygen atoms in total. The molecule has 0 fully saturated rings. The molecular formula is C13H13F3N4O2. The van der Waals surface area contributed by atoms with Crippen molar-refractivity contribution in [3.8, 4) is 0 Å². The summed E-state index contributed by atoms with van der Waals surface area (Å²) in [6, 6.07) is 1.83. The molecule has 0 saturated heterocycles. The average molecular weight is 314 g/mol. The van der Waals surface area contributed by atoms with Gasteiger partial charge in [-0.1, -0.05) is 19.0 Å². The van der Waals surface area contributed by atoms with Crippen LogP contribution in [0.25, 0.3) is 0 Å². The molecule has 1 amide bonds. The number of nitrogens with one attached hydrogen (secondary N) is 1. The van der Waals surface area contributed by atoms with Gasteiger partial charge in [-0.15, -0.1) is 0 Å². The van der Waals surface area contributed by atoms with Crippen molar-refractivity contribution < 1.29 is 22.6 Å². The number of nitrogens with zero attached hydrogens (tertiary/aromatic N) is 3. The van der Waals surface area contributed by atoms with Crippen molar-refractivity contribution in [2.75, 3.05) is 5.32 Å². The standard InChI is InChI=1S/C13H13F3N4O2/c1-6(2)10-11(20-22-19-10)18-12(21)8-4-5-9(13(14,15)16)17-7(8)3/h4-6H,1-3H3,(H,18,20,21). The number of carbonyl (C=O) groups is 1. The Labute approximate surface area is 123 Å². The second-order valence-corrected chi connectivity index (χ2v) is 4.93. The summed E-state index contributed by atoms with van der Waals surface area (Å²) in [7, 11) is 0. The van der Waals surface area contributed by atoms with E-state index in [0.29, 0.717) is 5.69 Å². The first-order valence-corrected chi connectivity index (χ1v) is 6.38. The minimum atomic E-state index is -4.55. The molecule has 0 bridgehead atoms. The summed E-state index contributed by atoms with van der Waals surface area (Å²) in [4.78, 5) is 15.5. The number of aromatic nitrogens is 3. The van der Waals surface area contributed by atoms with Gasteiger partial charge in [-0.25, -0.2) is 9.61 Å². The minimum absolute atomic E-state index is 0.0192. The van der Waals surface area contributed by atoms with Crippen LogP contribution in [0.5, 0.6) is 0 Å². The summed E-state index contributed by atoms with van der Waals surface area (Å²) in [5, 5.41) is 9.70. The van der Waals surface area contributed by atoms with Crippen molar-refractivity contribution in [1.29, 1.82) is 0 Å². The summed E-state index contributed by atoms with van der Waals surface area (Å²) in [6.07, 6.45) is -4.55. The lowest BCUT2D eigenvalue weighted by atomic mass is 10.1. The van der Waals surface area contributed by atoms with Crippen LogP contribution in [-0.2, 0) is 6.18 Å². The zero-order valence-corrected chi connectivity index (χ0v) is 12.0. The Kier molecular flexibility index (Phi) is 4.16. The van der Waals surface area contributed by atoms with E-state index < -0.39 is 17.8 Å². The molecule has 0 radical (unpaired) electrons. The van der Waals surface area contributed by atoms with Crippen molar-refractivity contribution in [2.45, 2.75) is 32.9 Å². The summed E-state index contributed by atoms with van der Waals surface area (Å²) < 4.78 is 42.2. The smallest absolute Gasteiger partial charge is 0.302 e. The number of anilines is 1. The molecule has 0 aliphatic carbocycles. The second kappa shape index (κ2) is 5.74. The topological polar surface area (TPSA) is 80.9 Å². The quantitative estimate of drug-likeness (QED) is 0.941. The Balaban J connectivity index is 2.25. The predicted octanol–water partition coefficient (Wildman–Crippen LogP) is 3.17. The van der Waals surface area contributed by atoms with Crippen LogP contribution >= 0.6 is 0 Å². The van der Waals surface area contributed by atoms with Crippen LogP contribution in [0.1, 0.15) is 47.2 Å². The number of hydrogen-bond acceptors (Lipinski definition) is 5. The molecular weight excluding hydrogens is 301 g/mol. The third-order valence-electron chi connectivity index (χ3n) is 2.91. The normalized spacial score (nSPS) is 11.8. The Hall–Kier alpha value is -2.45. The van der Waals surface area contributed by atoms with E-state index >= 15 is 0 Å². The van der Waals surface area contributed by atoms with Gasteiger partial charge in [0, 0.05) is 5.92 Å². The van der Waals surface area contributed by atoms with E-state index in [-0.39, 0.29) is 23.0 Å². The molecule has 9 heteroatoms. The molecule has 0 unspecified atom stereocenters. The summed E-state index contributed by atoms with van der Waals surface area (Å²) in [5.74, 6) is -0.524. The average Bonchev–Trinajstić information content (AvgIpc) is 2.85. The largest absolute Gasteiger partial charge is 0.433 e. The van der Waals surface area contributed by atoms with E-state index in [1.54, 1.807) is 0 Å². The van der Waals surface area contributed by atoms with E-state index in [1.165, 1.54) is 6.92 Å². The van der Waals surface area contributed by atoms with E-state index in [9.17, 15) is 18.0 Å². The number of pyridine rings is 1. The van der Waals surface area contributed by atoms with Crippen molar-refractivity contribution in [3.05, 3.63) is 34.8 Å². The highest BCUT2D eigenvalue weighted by atomic mass is 19.4. The van der Waals surface area contributed by atoms with Crippen molar-refractivity contribution >= 4 is 11.7 Å². The van der Waals surface area contributed by atoms with Gasteiger partial charge in [0.25, 0.3) is 5.91 Å². The van der Waals surface area contributed by atoms with Crippen LogP contribution < -0.4 is 5.32 Å². The van der Waals surface area contributed by atoms with Crippen molar-refractivity contribution in [2.24, 2.45) is 0 Å². The molecule has 0 aromatic carbocycles. The molecule has 118 valence electrons. The highest BCUT2D eigenvalue weighted by molar-refractivity contribution is 6.04. The number of carbonyl (C=O) groups excluding carboxylic acids is 1. The lowest BCUT2D eigenvalue weighted by Crippen LogP contribution is -2.17. The molecule has 0 aliphatic heterocycles. The van der Waals surface area contributed by atoms with Gasteiger partial charge in [-0.2, -0.15) is 13.2 Å². The molecule has 22 heavy (non-hydrogen) atoms. The molecule has 0 spiro atoms. The first kappa shape index (κ1) is 15.9. The van der Waals surface area contributed by atoms with Crippen LogP contribution in [0.3, 0.4) is 0 Å². The zero-order valence-electron chi connectivity index (χ0n) is 12.0. The highest BCUT2D eigenvalue weighted by Crippen LogP contribution is 2.28. The Morgan fingerprint density at radius 2 is 1.95 bits per heavy atom. The third-order valence-corrected chi connectivity index (χ3v) is 2.91. The van der Waals surface area contributed by atoms with Gasteiger partial charge in [0.2, 0.25) is 5.82 Å². The first-order valence-electron chi connectivity index (χ1n) is 6.38. The van der Waals surface area contributed by atoms with E-state index in [0.717, 1.165) is 12.1 Å². The van der Waals surface area contributed by atoms with Gasteiger partial charge in [0.05, 0.1) is 11.3 Å². The van der Waals surface area contributed by atoms with Gasteiger partial charge in [0.15, 0.2) is 0 Å². The lowest BCUT2D eigenvalue weighted by Gasteiger charge is -2.10. The van der Waals surface area contributed by atoms with Crippen molar-refractivity contribution in [3.63, 3.8) is 0 Å². The highest BCUT2D eigenvalue weighted by Gasteiger charge is 2.33. The predicted molar refractivity (Wildman–Crippen MR) is 70.3 cm³/mol. The zero-order chi connectivity index (χ0) is 16.5. The van der Waals surface area contributed by atoms with Crippen molar-refractivity contribution in [1.82, 2.24) is 15.3 Å². The molecule has 0 saturated carbocycles. The molecule has 0 aliphatic rings. The Bertz CT molecular complexity index is 695. The van der Waals surface area contributed by atoms with Crippen LogP contribution in [0.2, 0.25) is 0 Å². The Morgan fingerprint density at radius 1 is 1.27 bits per heavy atom. The molecule has 2 rings (SSSR count). The summed E-state index contributed by atoms with van der Waals surface area (Å²) in [5.41, 5.74) is -0.612. The fraction of sp³-hybridized carbons (Fsp3) is 0.385.